The minimum atomic E-state index is -0.604. The van der Waals surface area contributed by atoms with Crippen LogP contribution in [-0.2, 0) is 16.1 Å². The summed E-state index contributed by atoms with van der Waals surface area (Å²) in [5, 5.41) is 16.8. The molecule has 9 nitrogen and oxygen atoms in total. The number of aliphatic imine (C=N–C) groups is 1. The smallest absolute Gasteiger partial charge is 0.248 e. The molecule has 3 aliphatic heterocycles. The van der Waals surface area contributed by atoms with E-state index in [4.69, 9.17) is 25.8 Å². The fraction of sp³-hybridized carbons (Fsp3) is 0.361. The van der Waals surface area contributed by atoms with Crippen LogP contribution in [0.25, 0.3) is 0 Å². The van der Waals surface area contributed by atoms with Crippen molar-refractivity contribution in [3.05, 3.63) is 88.7 Å². The lowest BCUT2D eigenvalue weighted by atomic mass is 9.90. The van der Waals surface area contributed by atoms with Gasteiger partial charge >= 0.3 is 0 Å². The minimum absolute atomic E-state index is 0.143. The number of hydrogen-bond donors (Lipinski definition) is 2. The number of ether oxygens (including phenoxy) is 3. The van der Waals surface area contributed by atoms with Crippen LogP contribution in [0.1, 0.15) is 42.9 Å². The highest BCUT2D eigenvalue weighted by Crippen LogP contribution is 2.43. The lowest BCUT2D eigenvalue weighted by Crippen LogP contribution is -2.29. The van der Waals surface area contributed by atoms with Crippen molar-refractivity contribution in [1.82, 2.24) is 4.90 Å². The molecule has 3 aliphatic rings. The molecule has 1 amide bonds. The van der Waals surface area contributed by atoms with Gasteiger partial charge in [-0.05, 0) is 67.9 Å². The van der Waals surface area contributed by atoms with Gasteiger partial charge in [-0.3, -0.25) is 14.7 Å². The molecule has 0 aliphatic carbocycles. The highest BCUT2D eigenvalue weighted by atomic mass is 35.5. The third-order valence-corrected chi connectivity index (χ3v) is 8.70. The van der Waals surface area contributed by atoms with Crippen molar-refractivity contribution in [1.29, 1.82) is 5.26 Å². The molecule has 0 aromatic heterocycles. The maximum atomic E-state index is 13.6. The first-order valence-corrected chi connectivity index (χ1v) is 16.3. The van der Waals surface area contributed by atoms with E-state index in [1.165, 1.54) is 31.4 Å². The maximum Gasteiger partial charge on any atom is 0.248 e. The summed E-state index contributed by atoms with van der Waals surface area (Å²) >= 11 is 6.58. The Morgan fingerprint density at radius 1 is 1.15 bits per heavy atom. The number of rotatable bonds is 11. The van der Waals surface area contributed by atoms with Crippen LogP contribution in [0.5, 0.6) is 11.5 Å². The van der Waals surface area contributed by atoms with Crippen molar-refractivity contribution in [2.24, 2.45) is 10.9 Å². The molecule has 2 fully saturated rings. The summed E-state index contributed by atoms with van der Waals surface area (Å²) in [7, 11) is 0. The first-order chi connectivity index (χ1) is 22.9. The summed E-state index contributed by atoms with van der Waals surface area (Å²) in [6.07, 6.45) is 9.28. The van der Waals surface area contributed by atoms with Crippen LogP contribution in [0, 0.1) is 23.1 Å². The van der Waals surface area contributed by atoms with Gasteiger partial charge in [0, 0.05) is 42.6 Å². The number of fused-ring (bicyclic) bond motifs is 1. The van der Waals surface area contributed by atoms with Crippen LogP contribution >= 0.6 is 11.6 Å². The van der Waals surface area contributed by atoms with Gasteiger partial charge < -0.3 is 24.8 Å². The summed E-state index contributed by atoms with van der Waals surface area (Å²) in [4.78, 5) is 20.0. The van der Waals surface area contributed by atoms with Crippen molar-refractivity contribution in [3.63, 3.8) is 0 Å². The predicted molar refractivity (Wildman–Crippen MR) is 180 cm³/mol. The van der Waals surface area contributed by atoms with Crippen molar-refractivity contribution in [2.75, 3.05) is 43.5 Å². The third kappa shape index (κ3) is 8.49. The highest BCUT2D eigenvalue weighted by molar-refractivity contribution is 6.32. The van der Waals surface area contributed by atoms with Crippen LogP contribution in [0.2, 0.25) is 5.02 Å². The summed E-state index contributed by atoms with van der Waals surface area (Å²) in [5.41, 5.74) is 3.19. The molecule has 0 saturated carbocycles. The number of nitriles is 1. The number of carbonyl (C=O) groups is 1. The molecule has 3 aromatic rings. The molecule has 47 heavy (non-hydrogen) atoms. The van der Waals surface area contributed by atoms with E-state index < -0.39 is 12.0 Å². The molecule has 3 heterocycles. The van der Waals surface area contributed by atoms with E-state index in [1.807, 2.05) is 12.1 Å². The highest BCUT2D eigenvalue weighted by Gasteiger charge is 2.30. The second-order valence-electron chi connectivity index (χ2n) is 11.9. The second kappa shape index (κ2) is 15.4. The van der Waals surface area contributed by atoms with E-state index in [1.54, 1.807) is 48.7 Å². The number of carbonyl (C=O) groups excluding carboxylic acids is 1. The number of halogens is 2. The molecule has 244 valence electrons. The van der Waals surface area contributed by atoms with Gasteiger partial charge in [0.25, 0.3) is 0 Å². The van der Waals surface area contributed by atoms with Gasteiger partial charge in [-0.2, -0.15) is 5.26 Å². The Balaban J connectivity index is 1.22. The lowest BCUT2D eigenvalue weighted by Gasteiger charge is -2.29. The topological polar surface area (TPSA) is 108 Å². The number of amides is 1. The van der Waals surface area contributed by atoms with Crippen molar-refractivity contribution in [3.8, 4) is 17.6 Å². The Bertz CT molecular complexity index is 1680. The molecule has 0 bridgehead atoms. The fourth-order valence-electron chi connectivity index (χ4n) is 5.94. The monoisotopic (exact) mass is 657 g/mol. The van der Waals surface area contributed by atoms with E-state index >= 15 is 0 Å². The van der Waals surface area contributed by atoms with E-state index in [-0.39, 0.29) is 24.4 Å². The number of anilines is 2. The van der Waals surface area contributed by atoms with Gasteiger partial charge in [0.2, 0.25) is 5.91 Å². The van der Waals surface area contributed by atoms with E-state index in [9.17, 15) is 14.4 Å². The standard InChI is InChI=1S/C36H37ClFN5O4/c37-30-17-27(9-10-33(30)46-22-24-6-4-7-26(38)16-24)41-36-25(20-39)21-40-31-19-34(47-28-11-15-45-23-28)32(18-29(31)36)42-35(44)8-5-14-43-12-2-1-3-13-43/h4-10,16-19,21,25,28,36,41H,1-3,11-15,22-23H2,(H,42,44)/b8-5+/t25?,28-,36?/m0/s1. The Hall–Kier alpha value is -4.43. The van der Waals surface area contributed by atoms with Crippen LogP contribution in [-0.4, -0.2) is 56.0 Å². The normalized spacial score (nSPS) is 20.8. The zero-order valence-electron chi connectivity index (χ0n) is 26.0. The molecule has 11 heteroatoms. The molecule has 0 spiro atoms. The number of nitrogens with zero attached hydrogens (tertiary/aromatic N) is 3. The quantitative estimate of drug-likeness (QED) is 0.210. The summed E-state index contributed by atoms with van der Waals surface area (Å²) in [6.45, 7) is 4.05. The SMILES string of the molecule is N#CC1C=Nc2cc(O[C@H]3CCOC3)c(NC(=O)/C=C/CN3CCCCC3)cc2C1Nc1ccc(OCc2cccc(F)c2)c(Cl)c1. The molecule has 2 N–H and O–H groups in total. The molecular weight excluding hydrogens is 621 g/mol. The largest absolute Gasteiger partial charge is 0.487 e. The van der Waals surface area contributed by atoms with Gasteiger partial charge in [-0.15, -0.1) is 0 Å². The summed E-state index contributed by atoms with van der Waals surface area (Å²) in [6, 6.07) is 16.9. The second-order valence-corrected chi connectivity index (χ2v) is 12.3. The Morgan fingerprint density at radius 3 is 2.79 bits per heavy atom. The predicted octanol–water partition coefficient (Wildman–Crippen LogP) is 7.22. The molecule has 0 radical (unpaired) electrons. The summed E-state index contributed by atoms with van der Waals surface area (Å²) < 4.78 is 31.2. The van der Waals surface area contributed by atoms with Gasteiger partial charge in [0.05, 0.1) is 41.7 Å². The van der Waals surface area contributed by atoms with Gasteiger partial charge in [-0.1, -0.05) is 36.2 Å². The van der Waals surface area contributed by atoms with Crippen LogP contribution in [0.4, 0.5) is 21.5 Å². The van der Waals surface area contributed by atoms with Crippen molar-refractivity contribution < 1.29 is 23.4 Å². The third-order valence-electron chi connectivity index (χ3n) is 8.40. The van der Waals surface area contributed by atoms with E-state index in [0.717, 1.165) is 31.6 Å². The van der Waals surface area contributed by atoms with E-state index in [0.29, 0.717) is 52.4 Å². The molecular formula is C36H37ClFN5O4. The van der Waals surface area contributed by atoms with Gasteiger partial charge in [0.1, 0.15) is 35.9 Å². The molecule has 6 rings (SSSR count). The molecule has 2 unspecified atom stereocenters. The number of hydrogen-bond acceptors (Lipinski definition) is 8. The number of nitrogens with one attached hydrogen (secondary N) is 2. The molecule has 3 atom stereocenters. The first-order valence-electron chi connectivity index (χ1n) is 15.9. The number of likely N-dealkylation sites (tertiary alicyclic amines) is 1. The Labute approximate surface area is 279 Å². The summed E-state index contributed by atoms with van der Waals surface area (Å²) in [5.74, 6) is -0.270. The Kier molecular flexibility index (Phi) is 10.7. The van der Waals surface area contributed by atoms with Crippen LogP contribution in [0.3, 0.4) is 0 Å². The van der Waals surface area contributed by atoms with E-state index in [2.05, 4.69) is 26.6 Å². The Morgan fingerprint density at radius 2 is 2.02 bits per heavy atom. The minimum Gasteiger partial charge on any atom is -0.487 e. The zero-order valence-corrected chi connectivity index (χ0v) is 26.7. The number of benzene rings is 3. The number of piperidine rings is 1. The zero-order chi connectivity index (χ0) is 32.6. The van der Waals surface area contributed by atoms with Crippen LogP contribution < -0.4 is 20.1 Å². The van der Waals surface area contributed by atoms with Crippen LogP contribution in [0.15, 0.2) is 71.7 Å². The fourth-order valence-corrected chi connectivity index (χ4v) is 6.18. The maximum absolute atomic E-state index is 13.6. The van der Waals surface area contributed by atoms with Crippen molar-refractivity contribution in [2.45, 2.75) is 44.4 Å². The molecule has 2 saturated heterocycles. The van der Waals surface area contributed by atoms with Crippen molar-refractivity contribution >= 4 is 40.8 Å². The average Bonchev–Trinajstić information content (AvgIpc) is 3.59. The average molecular weight is 658 g/mol. The molecule has 3 aromatic carbocycles. The first kappa shape index (κ1) is 32.5. The lowest BCUT2D eigenvalue weighted by molar-refractivity contribution is -0.111. The van der Waals surface area contributed by atoms with Gasteiger partial charge in [0.15, 0.2) is 0 Å². The van der Waals surface area contributed by atoms with Gasteiger partial charge in [-0.25, -0.2) is 4.39 Å².